The van der Waals surface area contributed by atoms with E-state index in [0.717, 1.165) is 11.4 Å². The maximum atomic E-state index is 12.2. The summed E-state index contributed by atoms with van der Waals surface area (Å²) in [6.07, 6.45) is 0. The van der Waals surface area contributed by atoms with E-state index in [-0.39, 0.29) is 11.9 Å². The number of thioether (sulfide) groups is 1. The van der Waals surface area contributed by atoms with E-state index in [4.69, 9.17) is 11.6 Å². The first kappa shape index (κ1) is 20.5. The summed E-state index contributed by atoms with van der Waals surface area (Å²) < 4.78 is 0. The van der Waals surface area contributed by atoms with E-state index in [1.54, 1.807) is 6.07 Å². The Bertz CT molecular complexity index is 750. The molecule has 2 rings (SSSR count). The lowest BCUT2D eigenvalue weighted by atomic mass is 10.1. The highest BCUT2D eigenvalue weighted by atomic mass is 35.5. The van der Waals surface area contributed by atoms with Gasteiger partial charge in [0.05, 0.1) is 0 Å². The highest BCUT2D eigenvalue weighted by Gasteiger charge is 2.12. The second kappa shape index (κ2) is 9.24. The van der Waals surface area contributed by atoms with Crippen molar-refractivity contribution >= 4 is 35.1 Å². The second-order valence-electron chi connectivity index (χ2n) is 6.72. The third-order valence-electron chi connectivity index (χ3n) is 4.06. The van der Waals surface area contributed by atoms with Gasteiger partial charge >= 0.3 is 0 Å². The normalized spacial score (nSPS) is 12.1. The third kappa shape index (κ3) is 5.88. The average molecular weight is 393 g/mol. The van der Waals surface area contributed by atoms with Gasteiger partial charge in [0.15, 0.2) is 5.16 Å². The fourth-order valence-electron chi connectivity index (χ4n) is 2.04. The zero-order valence-electron chi connectivity index (χ0n) is 15.8. The van der Waals surface area contributed by atoms with Gasteiger partial charge in [0, 0.05) is 37.5 Å². The molecular formula is C19H25ClN4OS. The van der Waals surface area contributed by atoms with Crippen molar-refractivity contribution < 1.29 is 4.79 Å². The smallest absolute Gasteiger partial charge is 0.251 e. The summed E-state index contributed by atoms with van der Waals surface area (Å²) in [5, 5.41) is 4.07. The van der Waals surface area contributed by atoms with Crippen LogP contribution in [0.1, 0.15) is 36.7 Å². The van der Waals surface area contributed by atoms with E-state index in [9.17, 15) is 4.79 Å². The number of halogens is 1. The van der Waals surface area contributed by atoms with E-state index >= 15 is 0 Å². The number of nitrogens with one attached hydrogen (secondary N) is 1. The fourth-order valence-corrected chi connectivity index (χ4v) is 3.07. The van der Waals surface area contributed by atoms with Crippen molar-refractivity contribution in [1.82, 2.24) is 15.3 Å². The van der Waals surface area contributed by atoms with E-state index in [1.165, 1.54) is 11.8 Å². The molecule has 26 heavy (non-hydrogen) atoms. The quantitative estimate of drug-likeness (QED) is 0.433. The Labute approximate surface area is 164 Å². The molecule has 0 aliphatic carbocycles. The van der Waals surface area contributed by atoms with Crippen molar-refractivity contribution in [2.45, 2.75) is 37.7 Å². The number of aromatic nitrogens is 2. The number of nitrogens with zero attached hydrogens (tertiary/aromatic N) is 3. The minimum absolute atomic E-state index is 0.0424. The number of carbonyl (C=O) groups is 1. The predicted octanol–water partition coefficient (Wildman–Crippen LogP) is 4.26. The Kier molecular flexibility index (Phi) is 7.29. The Morgan fingerprint density at radius 1 is 1.19 bits per heavy atom. The largest absolute Gasteiger partial charge is 0.363 e. The summed E-state index contributed by atoms with van der Waals surface area (Å²) in [7, 11) is 3.83. The molecule has 1 amide bonds. The van der Waals surface area contributed by atoms with E-state index in [2.05, 4.69) is 29.1 Å². The van der Waals surface area contributed by atoms with Crippen LogP contribution in [0.15, 0.2) is 35.5 Å². The molecule has 0 saturated carbocycles. The summed E-state index contributed by atoms with van der Waals surface area (Å²) >= 11 is 7.57. The van der Waals surface area contributed by atoms with Crippen molar-refractivity contribution in [3.63, 3.8) is 0 Å². The molecule has 1 unspecified atom stereocenters. The van der Waals surface area contributed by atoms with Crippen LogP contribution in [0.4, 0.5) is 5.82 Å². The molecule has 0 radical (unpaired) electrons. The van der Waals surface area contributed by atoms with Gasteiger partial charge in [0.2, 0.25) is 0 Å². The van der Waals surface area contributed by atoms with Crippen molar-refractivity contribution in [2.75, 3.05) is 19.0 Å². The summed E-state index contributed by atoms with van der Waals surface area (Å²) in [6, 6.07) is 9.49. The molecule has 140 valence electrons. The van der Waals surface area contributed by atoms with Crippen LogP contribution in [0.2, 0.25) is 5.15 Å². The van der Waals surface area contributed by atoms with Gasteiger partial charge in [0.1, 0.15) is 11.0 Å². The van der Waals surface area contributed by atoms with Crippen molar-refractivity contribution in [3.05, 3.63) is 46.6 Å². The maximum absolute atomic E-state index is 12.2. The Morgan fingerprint density at radius 2 is 1.85 bits per heavy atom. The molecule has 2 aromatic rings. The Morgan fingerprint density at radius 3 is 2.42 bits per heavy atom. The molecule has 1 aromatic carbocycles. The topological polar surface area (TPSA) is 58.1 Å². The first-order valence-electron chi connectivity index (χ1n) is 8.50. The zero-order chi connectivity index (χ0) is 19.3. The third-order valence-corrected chi connectivity index (χ3v) is 5.17. The van der Waals surface area contributed by atoms with Crippen LogP contribution in [0.5, 0.6) is 0 Å². The first-order chi connectivity index (χ1) is 12.3. The van der Waals surface area contributed by atoms with Crippen molar-refractivity contribution in [1.29, 1.82) is 0 Å². The SMILES string of the molecule is CC(C)C(C)NC(=O)c1ccc(CSc2nc(Cl)cc(N(C)C)n2)cc1. The maximum Gasteiger partial charge on any atom is 0.251 e. The monoisotopic (exact) mass is 392 g/mol. The fraction of sp³-hybridized carbons (Fsp3) is 0.421. The molecule has 0 fully saturated rings. The summed E-state index contributed by atoms with van der Waals surface area (Å²) in [5.41, 5.74) is 1.76. The van der Waals surface area contributed by atoms with Crippen LogP contribution < -0.4 is 10.2 Å². The molecule has 1 atom stereocenters. The van der Waals surface area contributed by atoms with Crippen molar-refractivity contribution in [2.24, 2.45) is 5.92 Å². The van der Waals surface area contributed by atoms with Crippen LogP contribution in [0.25, 0.3) is 0 Å². The second-order valence-corrected chi connectivity index (χ2v) is 8.05. The molecule has 1 heterocycles. The molecular weight excluding hydrogens is 368 g/mol. The van der Waals surface area contributed by atoms with Gasteiger partial charge in [0.25, 0.3) is 5.91 Å². The van der Waals surface area contributed by atoms with Crippen molar-refractivity contribution in [3.8, 4) is 0 Å². The van der Waals surface area contributed by atoms with Crippen LogP contribution in [0.3, 0.4) is 0 Å². The lowest BCUT2D eigenvalue weighted by Crippen LogP contribution is -2.36. The van der Waals surface area contributed by atoms with E-state index < -0.39 is 0 Å². The molecule has 0 aliphatic heterocycles. The minimum atomic E-state index is -0.0424. The summed E-state index contributed by atoms with van der Waals surface area (Å²) in [6.45, 7) is 6.19. The summed E-state index contributed by atoms with van der Waals surface area (Å²) in [5.74, 6) is 1.84. The van der Waals surface area contributed by atoms with Gasteiger partial charge in [-0.25, -0.2) is 9.97 Å². The predicted molar refractivity (Wildman–Crippen MR) is 109 cm³/mol. The van der Waals surface area contributed by atoms with E-state index in [0.29, 0.717) is 27.5 Å². The molecule has 7 heteroatoms. The van der Waals surface area contributed by atoms with Gasteiger partial charge < -0.3 is 10.2 Å². The van der Waals surface area contributed by atoms with Gasteiger partial charge in [-0.15, -0.1) is 0 Å². The van der Waals surface area contributed by atoms with Gasteiger partial charge in [-0.3, -0.25) is 4.79 Å². The molecule has 0 bridgehead atoms. The number of carbonyl (C=O) groups excluding carboxylic acids is 1. The van der Waals surface area contributed by atoms with E-state index in [1.807, 2.05) is 50.2 Å². The Balaban J connectivity index is 1.98. The molecule has 0 saturated heterocycles. The van der Waals surface area contributed by atoms with Gasteiger partial charge in [-0.2, -0.15) is 0 Å². The van der Waals surface area contributed by atoms with Crippen LogP contribution in [-0.4, -0.2) is 36.0 Å². The molecule has 1 aromatic heterocycles. The lowest BCUT2D eigenvalue weighted by Gasteiger charge is -2.17. The number of hydrogen-bond acceptors (Lipinski definition) is 5. The summed E-state index contributed by atoms with van der Waals surface area (Å²) in [4.78, 5) is 22.9. The van der Waals surface area contributed by atoms with Crippen LogP contribution in [0, 0.1) is 5.92 Å². The molecule has 0 aliphatic rings. The number of amides is 1. The highest BCUT2D eigenvalue weighted by Crippen LogP contribution is 2.24. The molecule has 1 N–H and O–H groups in total. The number of anilines is 1. The minimum Gasteiger partial charge on any atom is -0.363 e. The number of benzene rings is 1. The zero-order valence-corrected chi connectivity index (χ0v) is 17.4. The average Bonchev–Trinajstić information content (AvgIpc) is 2.59. The van der Waals surface area contributed by atoms with Gasteiger partial charge in [-0.05, 0) is 30.5 Å². The Hall–Kier alpha value is -1.79. The first-order valence-corrected chi connectivity index (χ1v) is 9.87. The highest BCUT2D eigenvalue weighted by molar-refractivity contribution is 7.98. The van der Waals surface area contributed by atoms with Crippen LogP contribution in [-0.2, 0) is 5.75 Å². The number of rotatable bonds is 7. The van der Waals surface area contributed by atoms with Gasteiger partial charge in [-0.1, -0.05) is 49.3 Å². The standard InChI is InChI=1S/C19H25ClN4OS/c1-12(2)13(3)21-18(25)15-8-6-14(7-9-15)11-26-19-22-16(20)10-17(23-19)24(4)5/h6-10,12-13H,11H2,1-5H3,(H,21,25). The number of hydrogen-bond donors (Lipinski definition) is 1. The lowest BCUT2D eigenvalue weighted by molar-refractivity contribution is 0.0930. The molecule has 5 nitrogen and oxygen atoms in total. The van der Waals surface area contributed by atoms with Crippen LogP contribution >= 0.6 is 23.4 Å². The molecule has 0 spiro atoms.